The van der Waals surface area contributed by atoms with Crippen LogP contribution in [0.2, 0.25) is 0 Å². The largest absolute Gasteiger partial charge is 0.465 e. The molecule has 4 heteroatoms. The fourth-order valence-corrected chi connectivity index (χ4v) is 0.462. The molecule has 0 aromatic carbocycles. The normalized spacial score (nSPS) is 8.75. The van der Waals surface area contributed by atoms with Crippen LogP contribution in [0.1, 0.15) is 6.92 Å². The van der Waals surface area contributed by atoms with E-state index in [4.69, 9.17) is 0 Å². The van der Waals surface area contributed by atoms with Gasteiger partial charge in [-0.3, -0.25) is 9.88 Å². The number of nitrogens with one attached hydrogen (secondary N) is 1. The molecule has 1 unspecified atom stereocenters. The highest BCUT2D eigenvalue weighted by Crippen LogP contribution is 1.75. The molecule has 0 bridgehead atoms. The average Bonchev–Trinajstić information content (AvgIpc) is 1.68. The predicted molar refractivity (Wildman–Crippen MR) is 34.3 cm³/mol. The molecule has 0 rings (SSSR count). The van der Waals surface area contributed by atoms with Gasteiger partial charge in [0.05, 0.1) is 13.2 Å². The molecule has 0 heterocycles. The second-order valence-electron chi connectivity index (χ2n) is 1.19. The van der Waals surface area contributed by atoms with Gasteiger partial charge in [0.2, 0.25) is 0 Å². The Kier molecular flexibility index (Phi) is 4.92. The van der Waals surface area contributed by atoms with E-state index in [1.165, 1.54) is 0 Å². The molecule has 0 amide bonds. The maximum absolute atomic E-state index is 10.3. The van der Waals surface area contributed by atoms with Crippen LogP contribution in [0.3, 0.4) is 0 Å². The van der Waals surface area contributed by atoms with Crippen LogP contribution in [-0.4, -0.2) is 19.1 Å². The van der Waals surface area contributed by atoms with Gasteiger partial charge in [-0.15, -0.1) is 0 Å². The van der Waals surface area contributed by atoms with E-state index in [1.807, 2.05) is 0 Å². The van der Waals surface area contributed by atoms with Gasteiger partial charge in [0.1, 0.15) is 0 Å². The summed E-state index contributed by atoms with van der Waals surface area (Å²) in [7, 11) is 2.22. The summed E-state index contributed by atoms with van der Waals surface area (Å²) < 4.78 is 4.57. The number of ether oxygens (including phenoxy) is 1. The summed E-state index contributed by atoms with van der Waals surface area (Å²) in [4.78, 5) is 10.3. The minimum absolute atomic E-state index is 0.220. The lowest BCUT2D eigenvalue weighted by Crippen LogP contribution is -2.16. The number of rotatable bonds is 3. The van der Waals surface area contributed by atoms with Crippen LogP contribution >= 0.6 is 9.39 Å². The Hall–Kier alpha value is -0.140. The minimum Gasteiger partial charge on any atom is -0.465 e. The van der Waals surface area contributed by atoms with Gasteiger partial charge in [0, 0.05) is 0 Å². The first-order valence-electron chi connectivity index (χ1n) is 2.40. The number of carbonyl (C=O) groups excluding carboxylic acids is 1. The Balaban J connectivity index is 3.06. The molecule has 0 aliphatic carbocycles. The second kappa shape index (κ2) is 5.01. The molecule has 0 fully saturated rings. The van der Waals surface area contributed by atoms with Crippen LogP contribution in [0, 0.1) is 0 Å². The van der Waals surface area contributed by atoms with Gasteiger partial charge < -0.3 is 4.74 Å². The molecule has 0 aromatic heterocycles. The van der Waals surface area contributed by atoms with E-state index in [1.54, 1.807) is 6.92 Å². The summed E-state index contributed by atoms with van der Waals surface area (Å²) in [6.45, 7) is 2.49. The Morgan fingerprint density at radius 3 is 2.88 bits per heavy atom. The Labute approximate surface area is 51.0 Å². The number of hydrogen-bond acceptors (Lipinski definition) is 3. The SMILES string of the molecule is CCOC(=O)CNP. The zero-order chi connectivity index (χ0) is 6.41. The average molecular weight is 135 g/mol. The lowest BCUT2D eigenvalue weighted by atomic mass is 10.7. The van der Waals surface area contributed by atoms with Crippen LogP contribution in [-0.2, 0) is 9.53 Å². The van der Waals surface area contributed by atoms with Crippen molar-refractivity contribution in [3.8, 4) is 0 Å². The molecule has 0 radical (unpaired) electrons. The van der Waals surface area contributed by atoms with Crippen molar-refractivity contribution >= 4 is 15.4 Å². The highest BCUT2D eigenvalue weighted by molar-refractivity contribution is 7.13. The monoisotopic (exact) mass is 135 g/mol. The number of hydrogen-bond donors (Lipinski definition) is 1. The van der Waals surface area contributed by atoms with Gasteiger partial charge >= 0.3 is 5.97 Å². The van der Waals surface area contributed by atoms with Crippen LogP contribution < -0.4 is 5.09 Å². The van der Waals surface area contributed by atoms with E-state index >= 15 is 0 Å². The summed E-state index contributed by atoms with van der Waals surface area (Å²) in [6, 6.07) is 0. The quantitative estimate of drug-likeness (QED) is 0.435. The van der Waals surface area contributed by atoms with Gasteiger partial charge in [-0.2, -0.15) is 0 Å². The summed E-state index contributed by atoms with van der Waals surface area (Å²) in [5, 5.41) is 2.59. The van der Waals surface area contributed by atoms with Crippen molar-refractivity contribution in [3.05, 3.63) is 0 Å². The molecule has 0 saturated carbocycles. The highest BCUT2D eigenvalue weighted by atomic mass is 31.0. The predicted octanol–water partition coefficient (Wildman–Crippen LogP) is -0.0708. The third kappa shape index (κ3) is 4.03. The zero-order valence-corrected chi connectivity index (χ0v) is 5.96. The third-order valence-corrected chi connectivity index (χ3v) is 0.756. The van der Waals surface area contributed by atoms with E-state index in [0.717, 1.165) is 0 Å². The van der Waals surface area contributed by atoms with Crippen molar-refractivity contribution in [3.63, 3.8) is 0 Å². The summed E-state index contributed by atoms with van der Waals surface area (Å²) in [6.07, 6.45) is 0. The van der Waals surface area contributed by atoms with Crippen LogP contribution in [0.15, 0.2) is 0 Å². The fourth-order valence-electron chi connectivity index (χ4n) is 0.295. The molecule has 48 valence electrons. The Morgan fingerprint density at radius 1 is 1.88 bits per heavy atom. The molecule has 0 spiro atoms. The first-order chi connectivity index (χ1) is 3.81. The van der Waals surface area contributed by atoms with Crippen LogP contribution in [0.25, 0.3) is 0 Å². The summed E-state index contributed by atoms with van der Waals surface area (Å²) in [5.74, 6) is -0.220. The summed E-state index contributed by atoms with van der Waals surface area (Å²) in [5.41, 5.74) is 0. The Morgan fingerprint density at radius 2 is 2.50 bits per heavy atom. The third-order valence-electron chi connectivity index (χ3n) is 0.552. The van der Waals surface area contributed by atoms with Crippen LogP contribution in [0.4, 0.5) is 0 Å². The van der Waals surface area contributed by atoms with Crippen LogP contribution in [0.5, 0.6) is 0 Å². The van der Waals surface area contributed by atoms with E-state index in [2.05, 4.69) is 19.2 Å². The minimum atomic E-state index is -0.220. The molecule has 3 nitrogen and oxygen atoms in total. The van der Waals surface area contributed by atoms with E-state index < -0.39 is 0 Å². The van der Waals surface area contributed by atoms with Gasteiger partial charge in [-0.1, -0.05) is 9.39 Å². The molecular weight excluding hydrogens is 125 g/mol. The Bertz CT molecular complexity index is 68.4. The highest BCUT2D eigenvalue weighted by Gasteiger charge is 1.94. The molecule has 0 aliphatic rings. The van der Waals surface area contributed by atoms with Gasteiger partial charge in [0.15, 0.2) is 0 Å². The first kappa shape index (κ1) is 7.86. The van der Waals surface area contributed by atoms with E-state index in [-0.39, 0.29) is 12.5 Å². The van der Waals surface area contributed by atoms with Gasteiger partial charge in [0.25, 0.3) is 0 Å². The van der Waals surface area contributed by atoms with Crippen molar-refractivity contribution in [2.75, 3.05) is 13.2 Å². The molecule has 8 heavy (non-hydrogen) atoms. The maximum Gasteiger partial charge on any atom is 0.320 e. The van der Waals surface area contributed by atoms with Crippen molar-refractivity contribution in [2.45, 2.75) is 6.92 Å². The lowest BCUT2D eigenvalue weighted by Gasteiger charge is -1.97. The molecule has 0 aliphatic heterocycles. The topological polar surface area (TPSA) is 38.3 Å². The maximum atomic E-state index is 10.3. The standard InChI is InChI=1S/C4H10NO2P/c1-2-7-4(6)3-5-8/h5H,2-3,8H2,1H3. The number of carbonyl (C=O) groups is 1. The summed E-state index contributed by atoms with van der Waals surface area (Å²) >= 11 is 0. The van der Waals surface area contributed by atoms with Crippen molar-refractivity contribution in [2.24, 2.45) is 0 Å². The first-order valence-corrected chi connectivity index (χ1v) is 2.98. The number of esters is 1. The van der Waals surface area contributed by atoms with Crippen molar-refractivity contribution in [1.82, 2.24) is 5.09 Å². The van der Waals surface area contributed by atoms with Crippen molar-refractivity contribution in [1.29, 1.82) is 0 Å². The zero-order valence-electron chi connectivity index (χ0n) is 4.81. The fraction of sp³-hybridized carbons (Fsp3) is 0.750. The lowest BCUT2D eigenvalue weighted by molar-refractivity contribution is -0.141. The van der Waals surface area contributed by atoms with Gasteiger partial charge in [-0.25, -0.2) is 0 Å². The molecule has 1 atom stereocenters. The van der Waals surface area contributed by atoms with E-state index in [9.17, 15) is 4.79 Å². The molecular formula is C4H10NO2P. The second-order valence-corrected chi connectivity index (χ2v) is 1.59. The molecule has 0 aromatic rings. The van der Waals surface area contributed by atoms with E-state index in [0.29, 0.717) is 6.61 Å². The smallest absolute Gasteiger partial charge is 0.320 e. The molecule has 0 saturated heterocycles. The van der Waals surface area contributed by atoms with Crippen molar-refractivity contribution < 1.29 is 9.53 Å². The van der Waals surface area contributed by atoms with Gasteiger partial charge in [-0.05, 0) is 6.92 Å². The molecule has 1 N–H and O–H groups in total.